The number of rotatable bonds is 3. The van der Waals surface area contributed by atoms with Crippen LogP contribution in [0.25, 0.3) is 0 Å². The normalized spacial score (nSPS) is 28.3. The number of benzene rings is 1. The van der Waals surface area contributed by atoms with Gasteiger partial charge in [0.1, 0.15) is 0 Å². The molecule has 1 heterocycles. The van der Waals surface area contributed by atoms with Crippen LogP contribution in [0, 0.1) is 11.8 Å². The van der Waals surface area contributed by atoms with Crippen molar-refractivity contribution in [3.8, 4) is 0 Å². The second kappa shape index (κ2) is 5.41. The van der Waals surface area contributed by atoms with Crippen LogP contribution in [0.15, 0.2) is 24.3 Å². The molecule has 0 aromatic heterocycles. The Kier molecular flexibility index (Phi) is 3.67. The average Bonchev–Trinajstić information content (AvgIpc) is 2.81. The van der Waals surface area contributed by atoms with Gasteiger partial charge < -0.3 is 5.73 Å². The first-order chi connectivity index (χ1) is 8.86. The van der Waals surface area contributed by atoms with Gasteiger partial charge in [-0.15, -0.1) is 0 Å². The van der Waals surface area contributed by atoms with Gasteiger partial charge in [0.05, 0.1) is 0 Å². The van der Waals surface area contributed by atoms with Crippen LogP contribution in [-0.4, -0.2) is 18.0 Å². The van der Waals surface area contributed by atoms with Crippen LogP contribution in [0.1, 0.15) is 36.8 Å². The van der Waals surface area contributed by atoms with Crippen LogP contribution < -0.4 is 5.73 Å². The minimum atomic E-state index is 0.766. The van der Waals surface area contributed by atoms with E-state index in [1.165, 1.54) is 43.4 Å². The van der Waals surface area contributed by atoms with Gasteiger partial charge in [0.15, 0.2) is 0 Å². The van der Waals surface area contributed by atoms with E-state index in [1.807, 2.05) is 0 Å². The van der Waals surface area contributed by atoms with Gasteiger partial charge in [-0.2, -0.15) is 0 Å². The monoisotopic (exact) mass is 244 g/mol. The predicted molar refractivity (Wildman–Crippen MR) is 75.1 cm³/mol. The van der Waals surface area contributed by atoms with E-state index in [9.17, 15) is 0 Å². The fourth-order valence-electron chi connectivity index (χ4n) is 3.70. The first kappa shape index (κ1) is 12.2. The summed E-state index contributed by atoms with van der Waals surface area (Å²) in [5.41, 5.74) is 8.98. The fourth-order valence-corrected chi connectivity index (χ4v) is 3.70. The molecule has 2 aliphatic rings. The predicted octanol–water partition coefficient (Wildman–Crippen LogP) is 2.77. The molecule has 18 heavy (non-hydrogen) atoms. The van der Waals surface area contributed by atoms with E-state index >= 15 is 0 Å². The minimum absolute atomic E-state index is 0.766. The van der Waals surface area contributed by atoms with Crippen LogP contribution in [0.3, 0.4) is 0 Å². The van der Waals surface area contributed by atoms with Crippen molar-refractivity contribution in [1.29, 1.82) is 0 Å². The standard InChI is InChI=1S/C16H24N2/c17-9-13-5-1-2-6-14(13)10-18-11-15-7-3-4-8-16(15)12-18/h3-4,7-8,13-14H,1-2,5-6,9-12,17H2. The molecule has 2 nitrogen and oxygen atoms in total. The summed E-state index contributed by atoms with van der Waals surface area (Å²) in [6.45, 7) is 4.41. The van der Waals surface area contributed by atoms with Crippen molar-refractivity contribution in [3.63, 3.8) is 0 Å². The van der Waals surface area contributed by atoms with Gasteiger partial charge in [0.25, 0.3) is 0 Å². The van der Waals surface area contributed by atoms with E-state index in [0.717, 1.165) is 31.5 Å². The van der Waals surface area contributed by atoms with Crippen LogP contribution in [-0.2, 0) is 13.1 Å². The maximum absolute atomic E-state index is 5.93. The zero-order valence-corrected chi connectivity index (χ0v) is 11.1. The molecule has 1 aliphatic heterocycles. The topological polar surface area (TPSA) is 29.3 Å². The summed E-state index contributed by atoms with van der Waals surface area (Å²) < 4.78 is 0. The molecule has 0 radical (unpaired) electrons. The number of nitrogens with two attached hydrogens (primary N) is 1. The maximum atomic E-state index is 5.93. The van der Waals surface area contributed by atoms with Gasteiger partial charge in [-0.3, -0.25) is 4.90 Å². The van der Waals surface area contributed by atoms with Crippen LogP contribution >= 0.6 is 0 Å². The molecule has 3 rings (SSSR count). The molecule has 1 fully saturated rings. The van der Waals surface area contributed by atoms with Crippen molar-refractivity contribution in [2.24, 2.45) is 17.6 Å². The summed E-state index contributed by atoms with van der Waals surface area (Å²) in [4.78, 5) is 2.61. The first-order valence-corrected chi connectivity index (χ1v) is 7.36. The van der Waals surface area contributed by atoms with Crippen molar-refractivity contribution in [1.82, 2.24) is 4.90 Å². The molecule has 1 aliphatic carbocycles. The largest absolute Gasteiger partial charge is 0.330 e. The van der Waals surface area contributed by atoms with Crippen molar-refractivity contribution in [3.05, 3.63) is 35.4 Å². The molecule has 2 heteroatoms. The minimum Gasteiger partial charge on any atom is -0.330 e. The van der Waals surface area contributed by atoms with Crippen molar-refractivity contribution >= 4 is 0 Å². The summed E-state index contributed by atoms with van der Waals surface area (Å²) in [7, 11) is 0. The van der Waals surface area contributed by atoms with Crippen LogP contribution in [0.5, 0.6) is 0 Å². The molecule has 2 atom stereocenters. The first-order valence-electron chi connectivity index (χ1n) is 7.36. The highest BCUT2D eigenvalue weighted by molar-refractivity contribution is 5.30. The molecule has 98 valence electrons. The second-order valence-corrected chi connectivity index (χ2v) is 5.98. The summed E-state index contributed by atoms with van der Waals surface area (Å²) >= 11 is 0. The third-order valence-corrected chi connectivity index (χ3v) is 4.77. The molecule has 0 saturated heterocycles. The highest BCUT2D eigenvalue weighted by Crippen LogP contribution is 2.32. The Morgan fingerprint density at radius 3 is 2.22 bits per heavy atom. The van der Waals surface area contributed by atoms with E-state index in [0.29, 0.717) is 0 Å². The molecular weight excluding hydrogens is 220 g/mol. The average molecular weight is 244 g/mol. The van der Waals surface area contributed by atoms with Gasteiger partial charge in [-0.25, -0.2) is 0 Å². The number of hydrogen-bond donors (Lipinski definition) is 1. The van der Waals surface area contributed by atoms with E-state index in [4.69, 9.17) is 5.73 Å². The number of nitrogens with zero attached hydrogens (tertiary/aromatic N) is 1. The lowest BCUT2D eigenvalue weighted by atomic mass is 9.79. The van der Waals surface area contributed by atoms with Gasteiger partial charge >= 0.3 is 0 Å². The van der Waals surface area contributed by atoms with Gasteiger partial charge in [0.2, 0.25) is 0 Å². The Morgan fingerprint density at radius 2 is 1.61 bits per heavy atom. The van der Waals surface area contributed by atoms with Crippen LogP contribution in [0.4, 0.5) is 0 Å². The lowest BCUT2D eigenvalue weighted by molar-refractivity contribution is 0.154. The summed E-state index contributed by atoms with van der Waals surface area (Å²) in [5, 5.41) is 0. The number of hydrogen-bond acceptors (Lipinski definition) is 2. The highest BCUT2D eigenvalue weighted by Gasteiger charge is 2.28. The van der Waals surface area contributed by atoms with E-state index in [-0.39, 0.29) is 0 Å². The molecule has 2 unspecified atom stereocenters. The van der Waals surface area contributed by atoms with E-state index in [2.05, 4.69) is 29.2 Å². The Hall–Kier alpha value is -0.860. The zero-order chi connectivity index (χ0) is 12.4. The third kappa shape index (κ3) is 2.45. The number of fused-ring (bicyclic) bond motifs is 1. The van der Waals surface area contributed by atoms with Crippen molar-refractivity contribution in [2.75, 3.05) is 13.1 Å². The maximum Gasteiger partial charge on any atom is 0.0240 e. The SMILES string of the molecule is NCC1CCCCC1CN1Cc2ccccc2C1. The van der Waals surface area contributed by atoms with Crippen molar-refractivity contribution in [2.45, 2.75) is 38.8 Å². The zero-order valence-electron chi connectivity index (χ0n) is 11.1. The summed E-state index contributed by atoms with van der Waals surface area (Å²) in [6.07, 6.45) is 5.53. The fraction of sp³-hybridized carbons (Fsp3) is 0.625. The lowest BCUT2D eigenvalue weighted by Gasteiger charge is -2.33. The molecule has 1 aromatic rings. The molecule has 0 amide bonds. The Bertz CT molecular complexity index is 377. The van der Waals surface area contributed by atoms with E-state index < -0.39 is 0 Å². The second-order valence-electron chi connectivity index (χ2n) is 5.98. The van der Waals surface area contributed by atoms with E-state index in [1.54, 1.807) is 0 Å². The Labute approximate surface area is 110 Å². The molecular formula is C16H24N2. The van der Waals surface area contributed by atoms with Crippen molar-refractivity contribution < 1.29 is 0 Å². The quantitative estimate of drug-likeness (QED) is 0.886. The third-order valence-electron chi connectivity index (χ3n) is 4.77. The molecule has 1 aromatic carbocycles. The van der Waals surface area contributed by atoms with Gasteiger partial charge in [-0.05, 0) is 42.3 Å². The Balaban J connectivity index is 1.61. The molecule has 0 bridgehead atoms. The molecule has 2 N–H and O–H groups in total. The lowest BCUT2D eigenvalue weighted by Crippen LogP contribution is -2.35. The Morgan fingerprint density at radius 1 is 1.00 bits per heavy atom. The summed E-state index contributed by atoms with van der Waals surface area (Å²) in [6, 6.07) is 8.87. The highest BCUT2D eigenvalue weighted by atomic mass is 15.1. The van der Waals surface area contributed by atoms with Crippen LogP contribution in [0.2, 0.25) is 0 Å². The van der Waals surface area contributed by atoms with Gasteiger partial charge in [-0.1, -0.05) is 37.1 Å². The molecule has 1 saturated carbocycles. The summed E-state index contributed by atoms with van der Waals surface area (Å²) in [5.74, 6) is 1.60. The molecule has 0 spiro atoms. The smallest absolute Gasteiger partial charge is 0.0240 e. The van der Waals surface area contributed by atoms with Gasteiger partial charge in [0, 0.05) is 19.6 Å².